The lowest BCUT2D eigenvalue weighted by Crippen LogP contribution is -2.37. The highest BCUT2D eigenvalue weighted by molar-refractivity contribution is 6.29. The van der Waals surface area contributed by atoms with Gasteiger partial charge in [0.1, 0.15) is 11.2 Å². The second-order valence-electron chi connectivity index (χ2n) is 10.3. The summed E-state index contributed by atoms with van der Waals surface area (Å²) in [6.45, 7) is 5.67. The van der Waals surface area contributed by atoms with Crippen molar-refractivity contribution in [1.82, 2.24) is 15.0 Å². The number of rotatable bonds is 6. The average molecular weight is 519 g/mol. The van der Waals surface area contributed by atoms with Crippen LogP contribution in [0.1, 0.15) is 78.8 Å². The van der Waals surface area contributed by atoms with Gasteiger partial charge >= 0.3 is 5.97 Å². The second-order valence-corrected chi connectivity index (χ2v) is 10.7. The quantitative estimate of drug-likeness (QED) is 0.374. The molecule has 2 fully saturated rings. The maximum absolute atomic E-state index is 11.7. The first-order valence-corrected chi connectivity index (χ1v) is 13.4. The molecule has 3 aromatic rings. The van der Waals surface area contributed by atoms with Crippen LogP contribution in [0, 0.1) is 30.1 Å². The molecular formula is C28H31ClN6O2. The second kappa shape index (κ2) is 10.5. The SMILES string of the molecule is Cc1cc([C@@H](C)Nc2ccc(Cl)nc2C(=O)O)c2nc(N3CCC(C4CCCC4)CC3)c(C#N)nc2c1. The van der Waals surface area contributed by atoms with E-state index < -0.39 is 5.97 Å². The zero-order valence-electron chi connectivity index (χ0n) is 21.2. The first-order chi connectivity index (χ1) is 17.8. The minimum atomic E-state index is -1.16. The third-order valence-corrected chi connectivity index (χ3v) is 8.05. The van der Waals surface area contributed by atoms with Crippen molar-refractivity contribution in [2.75, 3.05) is 23.3 Å². The molecule has 1 atom stereocenters. The van der Waals surface area contributed by atoms with Gasteiger partial charge in [-0.05, 0) is 62.3 Å². The Morgan fingerprint density at radius 2 is 1.84 bits per heavy atom. The molecule has 1 aliphatic heterocycles. The number of nitrogens with zero attached hydrogens (tertiary/aromatic N) is 5. The topological polar surface area (TPSA) is 115 Å². The molecule has 0 bridgehead atoms. The first kappa shape index (κ1) is 25.2. The van der Waals surface area contributed by atoms with Crippen molar-refractivity contribution in [2.45, 2.75) is 58.4 Å². The third kappa shape index (κ3) is 5.19. The molecule has 2 aromatic heterocycles. The van der Waals surface area contributed by atoms with E-state index in [1.54, 1.807) is 12.1 Å². The Hall–Kier alpha value is -3.44. The predicted octanol–water partition coefficient (Wildman–Crippen LogP) is 6.14. The Kier molecular flexibility index (Phi) is 7.16. The Labute approximate surface area is 221 Å². The molecule has 2 N–H and O–H groups in total. The summed E-state index contributed by atoms with van der Waals surface area (Å²) in [5.41, 5.74) is 3.79. The smallest absolute Gasteiger partial charge is 0.356 e. The number of nitrogens with one attached hydrogen (secondary N) is 1. The highest BCUT2D eigenvalue weighted by Crippen LogP contribution is 2.38. The van der Waals surface area contributed by atoms with Gasteiger partial charge in [0.2, 0.25) is 0 Å². The van der Waals surface area contributed by atoms with Gasteiger partial charge in [-0.3, -0.25) is 0 Å². The van der Waals surface area contributed by atoms with Gasteiger partial charge in [0.05, 0.1) is 22.8 Å². The molecule has 192 valence electrons. The van der Waals surface area contributed by atoms with Crippen molar-refractivity contribution in [2.24, 2.45) is 11.8 Å². The molecule has 0 amide bonds. The van der Waals surface area contributed by atoms with Crippen LogP contribution in [0.4, 0.5) is 11.5 Å². The first-order valence-electron chi connectivity index (χ1n) is 13.0. The molecule has 0 radical (unpaired) electrons. The van der Waals surface area contributed by atoms with Crippen molar-refractivity contribution in [3.05, 3.63) is 51.9 Å². The summed E-state index contributed by atoms with van der Waals surface area (Å²) < 4.78 is 0. The van der Waals surface area contributed by atoms with E-state index in [2.05, 4.69) is 21.3 Å². The summed E-state index contributed by atoms with van der Waals surface area (Å²) in [5, 5.41) is 22.9. The molecule has 0 unspecified atom stereocenters. The molecule has 2 aliphatic rings. The maximum atomic E-state index is 11.7. The van der Waals surface area contributed by atoms with Crippen LogP contribution < -0.4 is 10.2 Å². The molecule has 1 saturated heterocycles. The minimum Gasteiger partial charge on any atom is -0.476 e. The number of hydrogen-bond acceptors (Lipinski definition) is 7. The number of piperidine rings is 1. The van der Waals surface area contributed by atoms with Gasteiger partial charge in [-0.15, -0.1) is 0 Å². The van der Waals surface area contributed by atoms with Gasteiger partial charge in [-0.25, -0.2) is 19.7 Å². The molecule has 9 heteroatoms. The molecule has 8 nitrogen and oxygen atoms in total. The van der Waals surface area contributed by atoms with Crippen molar-refractivity contribution < 1.29 is 9.90 Å². The number of aryl methyl sites for hydroxylation is 1. The summed E-state index contributed by atoms with van der Waals surface area (Å²) >= 11 is 5.93. The minimum absolute atomic E-state index is 0.118. The van der Waals surface area contributed by atoms with Crippen LogP contribution in [-0.2, 0) is 0 Å². The van der Waals surface area contributed by atoms with E-state index in [1.807, 2.05) is 26.0 Å². The molecule has 3 heterocycles. The lowest BCUT2D eigenvalue weighted by atomic mass is 9.83. The van der Waals surface area contributed by atoms with Gasteiger partial charge in [-0.1, -0.05) is 43.4 Å². The van der Waals surface area contributed by atoms with E-state index in [1.165, 1.54) is 25.7 Å². The zero-order valence-corrected chi connectivity index (χ0v) is 21.9. The fourth-order valence-electron chi connectivity index (χ4n) is 5.99. The monoisotopic (exact) mass is 518 g/mol. The number of carbonyl (C=O) groups is 1. The lowest BCUT2D eigenvalue weighted by molar-refractivity contribution is 0.0691. The van der Waals surface area contributed by atoms with Crippen LogP contribution in [0.25, 0.3) is 11.0 Å². The number of hydrogen-bond donors (Lipinski definition) is 2. The van der Waals surface area contributed by atoms with Crippen molar-refractivity contribution in [3.63, 3.8) is 0 Å². The molecule has 1 aliphatic carbocycles. The Balaban J connectivity index is 1.48. The Bertz CT molecular complexity index is 1370. The average Bonchev–Trinajstić information content (AvgIpc) is 3.43. The fourth-order valence-corrected chi connectivity index (χ4v) is 6.13. The maximum Gasteiger partial charge on any atom is 0.356 e. The number of benzene rings is 1. The normalized spacial score (nSPS) is 17.6. The summed E-state index contributed by atoms with van der Waals surface area (Å²) in [7, 11) is 0. The van der Waals surface area contributed by atoms with E-state index in [9.17, 15) is 15.2 Å². The van der Waals surface area contributed by atoms with E-state index >= 15 is 0 Å². The number of halogens is 1. The van der Waals surface area contributed by atoms with Gasteiger partial charge in [0, 0.05) is 18.7 Å². The van der Waals surface area contributed by atoms with Crippen molar-refractivity contribution in [1.29, 1.82) is 5.26 Å². The number of pyridine rings is 1. The van der Waals surface area contributed by atoms with E-state index in [0.29, 0.717) is 28.2 Å². The largest absolute Gasteiger partial charge is 0.476 e. The highest BCUT2D eigenvalue weighted by atomic mass is 35.5. The third-order valence-electron chi connectivity index (χ3n) is 7.84. The summed E-state index contributed by atoms with van der Waals surface area (Å²) in [6, 6.07) is 9.11. The van der Waals surface area contributed by atoms with Crippen LogP contribution in [0.15, 0.2) is 24.3 Å². The molecular weight excluding hydrogens is 488 g/mol. The molecule has 1 aromatic carbocycles. The predicted molar refractivity (Wildman–Crippen MR) is 144 cm³/mol. The number of carboxylic acid groups (broad SMARTS) is 1. The summed E-state index contributed by atoms with van der Waals surface area (Å²) in [6.07, 6.45) is 7.65. The van der Waals surface area contributed by atoms with E-state index in [0.717, 1.165) is 48.9 Å². The van der Waals surface area contributed by atoms with Gasteiger partial charge < -0.3 is 15.3 Å². The number of aromatic carboxylic acids is 1. The van der Waals surface area contributed by atoms with Crippen LogP contribution >= 0.6 is 11.6 Å². The number of carboxylic acids is 1. The summed E-state index contributed by atoms with van der Waals surface area (Å²) in [5.74, 6) is 1.08. The van der Waals surface area contributed by atoms with Crippen LogP contribution in [0.2, 0.25) is 5.15 Å². The van der Waals surface area contributed by atoms with Crippen LogP contribution in [0.3, 0.4) is 0 Å². The van der Waals surface area contributed by atoms with Crippen molar-refractivity contribution >= 4 is 40.1 Å². The standard InChI is InChI=1S/C28H31ClN6O2/c1-16-13-20(17(2)31-21-7-8-24(29)33-26(21)28(36)37)25-22(14-16)32-23(15-30)27(34-25)35-11-9-19(10-12-35)18-5-3-4-6-18/h7-8,13-14,17-19,31H,3-6,9-12H2,1-2H3,(H,36,37)/t17-/m1/s1. The van der Waals surface area contributed by atoms with Gasteiger partial charge in [0.25, 0.3) is 0 Å². The summed E-state index contributed by atoms with van der Waals surface area (Å²) in [4.78, 5) is 27.6. The fraction of sp³-hybridized carbons (Fsp3) is 0.464. The number of nitriles is 1. The van der Waals surface area contributed by atoms with Crippen LogP contribution in [0.5, 0.6) is 0 Å². The van der Waals surface area contributed by atoms with Crippen LogP contribution in [-0.4, -0.2) is 39.1 Å². The number of fused-ring (bicyclic) bond motifs is 1. The highest BCUT2D eigenvalue weighted by Gasteiger charge is 2.30. The number of anilines is 2. The van der Waals surface area contributed by atoms with E-state index in [-0.39, 0.29) is 16.9 Å². The van der Waals surface area contributed by atoms with E-state index in [4.69, 9.17) is 21.6 Å². The zero-order chi connectivity index (χ0) is 26.1. The van der Waals surface area contributed by atoms with Gasteiger partial charge in [0.15, 0.2) is 17.2 Å². The Morgan fingerprint density at radius 3 is 2.51 bits per heavy atom. The molecule has 37 heavy (non-hydrogen) atoms. The molecule has 0 spiro atoms. The van der Waals surface area contributed by atoms with Crippen molar-refractivity contribution in [3.8, 4) is 6.07 Å². The molecule has 5 rings (SSSR count). The Morgan fingerprint density at radius 1 is 1.14 bits per heavy atom. The molecule has 1 saturated carbocycles. The number of aromatic nitrogens is 3. The lowest BCUT2D eigenvalue weighted by Gasteiger charge is -2.35. The van der Waals surface area contributed by atoms with Gasteiger partial charge in [-0.2, -0.15) is 5.26 Å².